The number of likely N-dealkylation sites (N-methyl/N-ethyl adjacent to an activating group) is 1. The average Bonchev–Trinajstić information content (AvgIpc) is 2.37. The van der Waals surface area contributed by atoms with Crippen LogP contribution < -0.4 is 5.73 Å². The lowest BCUT2D eigenvalue weighted by Gasteiger charge is -2.28. The second-order valence-electron chi connectivity index (χ2n) is 3.83. The zero-order valence-corrected chi connectivity index (χ0v) is 8.29. The fourth-order valence-corrected chi connectivity index (χ4v) is 1.81. The summed E-state index contributed by atoms with van der Waals surface area (Å²) in [5.74, 6) is 0. The summed E-state index contributed by atoms with van der Waals surface area (Å²) in [6.07, 6.45) is 3.10. The van der Waals surface area contributed by atoms with Crippen LogP contribution in [0.2, 0.25) is 0 Å². The molecule has 0 aromatic rings. The van der Waals surface area contributed by atoms with Crippen molar-refractivity contribution in [1.29, 1.82) is 0 Å². The summed E-state index contributed by atoms with van der Waals surface area (Å²) in [5.41, 5.74) is 5.68. The number of hydrogen-bond acceptors (Lipinski definition) is 3. The topological polar surface area (TPSA) is 38.5 Å². The van der Waals surface area contributed by atoms with Crippen molar-refractivity contribution in [3.8, 4) is 0 Å². The molecule has 0 amide bonds. The maximum Gasteiger partial charge on any atom is 0.0746 e. The molecule has 72 valence electrons. The molecule has 1 heterocycles. The molecule has 1 fully saturated rings. The molecule has 0 aliphatic carbocycles. The minimum Gasteiger partial charge on any atom is -0.374 e. The van der Waals surface area contributed by atoms with Gasteiger partial charge in [0.05, 0.1) is 12.2 Å². The molecule has 3 heteroatoms. The lowest BCUT2D eigenvalue weighted by molar-refractivity contribution is 0.00906. The van der Waals surface area contributed by atoms with E-state index >= 15 is 0 Å². The third-order valence-corrected chi connectivity index (χ3v) is 2.60. The predicted molar refractivity (Wildman–Crippen MR) is 50.1 cm³/mol. The van der Waals surface area contributed by atoms with Crippen LogP contribution in [-0.2, 0) is 4.74 Å². The summed E-state index contributed by atoms with van der Waals surface area (Å²) >= 11 is 0. The van der Waals surface area contributed by atoms with Gasteiger partial charge in [0.2, 0.25) is 0 Å². The molecular formula is C9H20N2O. The molecule has 1 aliphatic heterocycles. The second-order valence-corrected chi connectivity index (χ2v) is 3.83. The summed E-state index contributed by atoms with van der Waals surface area (Å²) in [7, 11) is 4.12. The van der Waals surface area contributed by atoms with Crippen molar-refractivity contribution in [3.63, 3.8) is 0 Å². The summed E-state index contributed by atoms with van der Waals surface area (Å²) in [4.78, 5) is 2.16. The standard InChI is InChI=1S/C9H20N2O/c1-7-4-5-9(12-7)8(6-10)11(2)3/h7-9H,4-6,10H2,1-3H3. The van der Waals surface area contributed by atoms with Gasteiger partial charge in [0.1, 0.15) is 0 Å². The van der Waals surface area contributed by atoms with Gasteiger partial charge in [-0.1, -0.05) is 0 Å². The summed E-state index contributed by atoms with van der Waals surface area (Å²) in [5, 5.41) is 0. The zero-order chi connectivity index (χ0) is 9.14. The molecule has 0 radical (unpaired) electrons. The van der Waals surface area contributed by atoms with Gasteiger partial charge in [0, 0.05) is 12.6 Å². The first kappa shape index (κ1) is 9.96. The van der Waals surface area contributed by atoms with Crippen LogP contribution in [-0.4, -0.2) is 43.8 Å². The molecule has 3 unspecified atom stereocenters. The molecule has 0 bridgehead atoms. The number of rotatable bonds is 3. The van der Waals surface area contributed by atoms with Crippen molar-refractivity contribution >= 4 is 0 Å². The molecule has 3 nitrogen and oxygen atoms in total. The monoisotopic (exact) mass is 172 g/mol. The molecular weight excluding hydrogens is 152 g/mol. The Kier molecular flexibility index (Phi) is 3.50. The van der Waals surface area contributed by atoms with Crippen LogP contribution in [0.5, 0.6) is 0 Å². The van der Waals surface area contributed by atoms with Gasteiger partial charge in [0.15, 0.2) is 0 Å². The summed E-state index contributed by atoms with van der Waals surface area (Å²) < 4.78 is 5.75. The lowest BCUT2D eigenvalue weighted by atomic mass is 10.1. The largest absolute Gasteiger partial charge is 0.374 e. The highest BCUT2D eigenvalue weighted by atomic mass is 16.5. The van der Waals surface area contributed by atoms with Crippen LogP contribution in [0.1, 0.15) is 19.8 Å². The van der Waals surface area contributed by atoms with Gasteiger partial charge in [-0.15, -0.1) is 0 Å². The third kappa shape index (κ3) is 2.19. The van der Waals surface area contributed by atoms with Gasteiger partial charge in [0.25, 0.3) is 0 Å². The quantitative estimate of drug-likeness (QED) is 0.671. The highest BCUT2D eigenvalue weighted by Crippen LogP contribution is 2.22. The highest BCUT2D eigenvalue weighted by Gasteiger charge is 2.29. The Morgan fingerprint density at radius 1 is 1.50 bits per heavy atom. The van der Waals surface area contributed by atoms with Gasteiger partial charge in [-0.05, 0) is 33.9 Å². The minimum atomic E-state index is 0.347. The van der Waals surface area contributed by atoms with E-state index in [0.29, 0.717) is 24.8 Å². The Morgan fingerprint density at radius 3 is 2.50 bits per heavy atom. The molecule has 3 atom stereocenters. The first-order valence-corrected chi connectivity index (χ1v) is 4.67. The maximum atomic E-state index is 5.75. The first-order chi connectivity index (χ1) is 5.65. The van der Waals surface area contributed by atoms with Crippen LogP contribution in [0.4, 0.5) is 0 Å². The van der Waals surface area contributed by atoms with Gasteiger partial charge in [-0.25, -0.2) is 0 Å². The smallest absolute Gasteiger partial charge is 0.0746 e. The summed E-state index contributed by atoms with van der Waals surface area (Å²) in [6, 6.07) is 0.384. The van der Waals surface area contributed by atoms with Crippen LogP contribution in [0.3, 0.4) is 0 Å². The fourth-order valence-electron chi connectivity index (χ4n) is 1.81. The molecule has 12 heavy (non-hydrogen) atoms. The molecule has 0 aromatic heterocycles. The van der Waals surface area contributed by atoms with E-state index in [4.69, 9.17) is 10.5 Å². The number of hydrogen-bond donors (Lipinski definition) is 1. The number of ether oxygens (including phenoxy) is 1. The van der Waals surface area contributed by atoms with Crippen LogP contribution in [0.15, 0.2) is 0 Å². The van der Waals surface area contributed by atoms with E-state index in [9.17, 15) is 0 Å². The van der Waals surface area contributed by atoms with Crippen molar-refractivity contribution in [2.75, 3.05) is 20.6 Å². The minimum absolute atomic E-state index is 0.347. The molecule has 0 aromatic carbocycles. The zero-order valence-electron chi connectivity index (χ0n) is 8.29. The number of nitrogens with two attached hydrogens (primary N) is 1. The van der Waals surface area contributed by atoms with Crippen molar-refractivity contribution in [2.24, 2.45) is 5.73 Å². The molecule has 1 rings (SSSR count). The van der Waals surface area contributed by atoms with E-state index < -0.39 is 0 Å². The first-order valence-electron chi connectivity index (χ1n) is 4.67. The van der Waals surface area contributed by atoms with Crippen molar-refractivity contribution in [3.05, 3.63) is 0 Å². The SMILES string of the molecule is CC1CCC(C(CN)N(C)C)O1. The average molecular weight is 172 g/mol. The van der Waals surface area contributed by atoms with Crippen molar-refractivity contribution in [2.45, 2.75) is 38.0 Å². The van der Waals surface area contributed by atoms with E-state index in [1.54, 1.807) is 0 Å². The van der Waals surface area contributed by atoms with E-state index in [1.807, 2.05) is 0 Å². The molecule has 0 spiro atoms. The third-order valence-electron chi connectivity index (χ3n) is 2.60. The molecule has 0 saturated carbocycles. The van der Waals surface area contributed by atoms with Crippen LogP contribution in [0, 0.1) is 0 Å². The Bertz CT molecular complexity index is 138. The van der Waals surface area contributed by atoms with Crippen molar-refractivity contribution in [1.82, 2.24) is 4.90 Å². The van der Waals surface area contributed by atoms with E-state index in [1.165, 1.54) is 6.42 Å². The Labute approximate surface area is 74.9 Å². The Hall–Kier alpha value is -0.120. The highest BCUT2D eigenvalue weighted by molar-refractivity contribution is 4.83. The molecule has 2 N–H and O–H groups in total. The van der Waals surface area contributed by atoms with Crippen LogP contribution in [0.25, 0.3) is 0 Å². The van der Waals surface area contributed by atoms with E-state index in [0.717, 1.165) is 6.42 Å². The Balaban J connectivity index is 2.44. The lowest BCUT2D eigenvalue weighted by Crippen LogP contribution is -2.44. The van der Waals surface area contributed by atoms with E-state index in [2.05, 4.69) is 25.9 Å². The van der Waals surface area contributed by atoms with Gasteiger partial charge >= 0.3 is 0 Å². The van der Waals surface area contributed by atoms with Crippen molar-refractivity contribution < 1.29 is 4.74 Å². The van der Waals surface area contributed by atoms with Gasteiger partial charge in [-0.3, -0.25) is 0 Å². The molecule has 1 saturated heterocycles. The second kappa shape index (κ2) is 4.21. The number of nitrogens with zero attached hydrogens (tertiary/aromatic N) is 1. The molecule has 1 aliphatic rings. The van der Waals surface area contributed by atoms with E-state index in [-0.39, 0.29) is 0 Å². The fraction of sp³-hybridized carbons (Fsp3) is 1.00. The predicted octanol–water partition coefficient (Wildman–Crippen LogP) is 0.443. The normalized spacial score (nSPS) is 32.8. The maximum absolute atomic E-state index is 5.75. The van der Waals surface area contributed by atoms with Crippen LogP contribution >= 0.6 is 0 Å². The summed E-state index contributed by atoms with van der Waals surface area (Å²) in [6.45, 7) is 2.81. The van der Waals surface area contributed by atoms with Gasteiger partial charge in [-0.2, -0.15) is 0 Å². The Morgan fingerprint density at radius 2 is 2.17 bits per heavy atom. The van der Waals surface area contributed by atoms with Gasteiger partial charge < -0.3 is 15.4 Å².